The number of rotatable bonds is 1. The van der Waals surface area contributed by atoms with E-state index in [9.17, 15) is 9.59 Å². The Morgan fingerprint density at radius 2 is 2.29 bits per heavy atom. The number of ether oxygens (including phenoxy) is 1. The van der Waals surface area contributed by atoms with Crippen LogP contribution in [0.15, 0.2) is 15.8 Å². The van der Waals surface area contributed by atoms with Crippen LogP contribution in [-0.4, -0.2) is 21.8 Å². The second-order valence-corrected chi connectivity index (χ2v) is 4.50. The summed E-state index contributed by atoms with van der Waals surface area (Å²) in [5.41, 5.74) is -1.12. The van der Waals surface area contributed by atoms with Crippen molar-refractivity contribution < 1.29 is 4.74 Å². The number of aromatic amines is 1. The monoisotopic (exact) mass is 233 g/mol. The van der Waals surface area contributed by atoms with Gasteiger partial charge in [-0.05, 0) is 19.3 Å². The number of fused-ring (bicyclic) bond motifs is 2. The van der Waals surface area contributed by atoms with Crippen LogP contribution in [0.1, 0.15) is 30.9 Å². The standard InChI is InChI=1S/C11H11N3O3/c12-4-6-5-14(11(16)13-10(6)15)8-3-7-1-2-9(8)17-7/h5,7-9H,1-3H2,(H,13,15,16). The first-order valence-corrected chi connectivity index (χ1v) is 5.60. The molecular weight excluding hydrogens is 222 g/mol. The van der Waals surface area contributed by atoms with Crippen LogP contribution in [0.2, 0.25) is 0 Å². The Morgan fingerprint density at radius 1 is 1.47 bits per heavy atom. The molecule has 6 nitrogen and oxygen atoms in total. The topological polar surface area (TPSA) is 87.9 Å². The molecule has 1 N–H and O–H groups in total. The van der Waals surface area contributed by atoms with Gasteiger partial charge in [0.1, 0.15) is 11.6 Å². The lowest BCUT2D eigenvalue weighted by molar-refractivity contribution is 0.0932. The van der Waals surface area contributed by atoms with Crippen LogP contribution in [0, 0.1) is 11.3 Å². The first-order chi connectivity index (χ1) is 8.19. The second-order valence-electron chi connectivity index (χ2n) is 4.50. The zero-order valence-corrected chi connectivity index (χ0v) is 9.05. The molecule has 1 aromatic rings. The highest BCUT2D eigenvalue weighted by molar-refractivity contribution is 5.22. The molecule has 0 aromatic carbocycles. The van der Waals surface area contributed by atoms with E-state index in [0.29, 0.717) is 0 Å². The van der Waals surface area contributed by atoms with Crippen molar-refractivity contribution in [1.29, 1.82) is 5.26 Å². The Balaban J connectivity index is 2.07. The van der Waals surface area contributed by atoms with Gasteiger partial charge < -0.3 is 4.74 Å². The van der Waals surface area contributed by atoms with Crippen LogP contribution < -0.4 is 11.2 Å². The third-order valence-corrected chi connectivity index (χ3v) is 3.52. The van der Waals surface area contributed by atoms with Crippen LogP contribution in [-0.2, 0) is 4.74 Å². The summed E-state index contributed by atoms with van der Waals surface area (Å²) in [7, 11) is 0. The molecule has 0 amide bonds. The van der Waals surface area contributed by atoms with Crippen LogP contribution in [0.25, 0.3) is 0 Å². The summed E-state index contributed by atoms with van der Waals surface area (Å²) in [5.74, 6) is 0. The van der Waals surface area contributed by atoms with Gasteiger partial charge in [0, 0.05) is 6.20 Å². The zero-order chi connectivity index (χ0) is 12.0. The average molecular weight is 233 g/mol. The maximum Gasteiger partial charge on any atom is 0.328 e. The Bertz CT molecular complexity index is 610. The van der Waals surface area contributed by atoms with E-state index >= 15 is 0 Å². The minimum absolute atomic E-state index is 0.0348. The maximum absolute atomic E-state index is 11.7. The predicted octanol–water partition coefficient (Wildman–Crippen LogP) is -0.0993. The van der Waals surface area contributed by atoms with E-state index in [2.05, 4.69) is 4.98 Å². The number of nitriles is 1. The van der Waals surface area contributed by atoms with Crippen molar-refractivity contribution in [2.24, 2.45) is 0 Å². The van der Waals surface area contributed by atoms with Gasteiger partial charge >= 0.3 is 5.69 Å². The highest BCUT2D eigenvalue weighted by Crippen LogP contribution is 2.40. The summed E-state index contributed by atoms with van der Waals surface area (Å²) in [6, 6.07) is 1.74. The fraction of sp³-hybridized carbons (Fsp3) is 0.545. The van der Waals surface area contributed by atoms with Crippen molar-refractivity contribution in [3.05, 3.63) is 32.6 Å². The van der Waals surface area contributed by atoms with Gasteiger partial charge in [0.15, 0.2) is 0 Å². The molecular formula is C11H11N3O3. The third-order valence-electron chi connectivity index (χ3n) is 3.52. The van der Waals surface area contributed by atoms with E-state index in [1.165, 1.54) is 10.8 Å². The zero-order valence-electron chi connectivity index (χ0n) is 9.05. The molecule has 6 heteroatoms. The van der Waals surface area contributed by atoms with E-state index in [4.69, 9.17) is 10.00 Å². The number of nitrogens with zero attached hydrogens (tertiary/aromatic N) is 2. The van der Waals surface area contributed by atoms with Gasteiger partial charge in [-0.3, -0.25) is 14.3 Å². The lowest BCUT2D eigenvalue weighted by Crippen LogP contribution is -2.36. The van der Waals surface area contributed by atoms with E-state index in [-0.39, 0.29) is 23.8 Å². The van der Waals surface area contributed by atoms with Crippen LogP contribution in [0.3, 0.4) is 0 Å². The SMILES string of the molecule is N#Cc1cn(C2CC3CCC2O3)c(=O)[nH]c1=O. The summed E-state index contributed by atoms with van der Waals surface area (Å²) in [6.07, 6.45) is 4.34. The van der Waals surface area contributed by atoms with Crippen molar-refractivity contribution in [2.75, 3.05) is 0 Å². The predicted molar refractivity (Wildman–Crippen MR) is 57.6 cm³/mol. The number of hydrogen-bond donors (Lipinski definition) is 1. The lowest BCUT2D eigenvalue weighted by Gasteiger charge is -2.20. The first kappa shape index (κ1) is 10.3. The third kappa shape index (κ3) is 1.51. The molecule has 0 radical (unpaired) electrons. The van der Waals surface area contributed by atoms with Crippen molar-refractivity contribution in [2.45, 2.75) is 37.5 Å². The second kappa shape index (κ2) is 3.57. The van der Waals surface area contributed by atoms with E-state index in [0.717, 1.165) is 19.3 Å². The summed E-state index contributed by atoms with van der Waals surface area (Å²) in [6.45, 7) is 0. The lowest BCUT2D eigenvalue weighted by atomic mass is 9.95. The first-order valence-electron chi connectivity index (χ1n) is 5.60. The minimum atomic E-state index is -0.627. The normalized spacial score (nSPS) is 30.4. The Hall–Kier alpha value is -1.87. The Labute approximate surface area is 96.5 Å². The Morgan fingerprint density at radius 3 is 2.88 bits per heavy atom. The maximum atomic E-state index is 11.7. The number of hydrogen-bond acceptors (Lipinski definition) is 4. The largest absolute Gasteiger partial charge is 0.373 e. The highest BCUT2D eigenvalue weighted by atomic mass is 16.5. The van der Waals surface area contributed by atoms with E-state index < -0.39 is 11.2 Å². The number of nitrogens with one attached hydrogen (secondary N) is 1. The molecule has 2 bridgehead atoms. The minimum Gasteiger partial charge on any atom is -0.373 e. The van der Waals surface area contributed by atoms with Gasteiger partial charge in [-0.15, -0.1) is 0 Å². The van der Waals surface area contributed by atoms with Crippen molar-refractivity contribution in [1.82, 2.24) is 9.55 Å². The highest BCUT2D eigenvalue weighted by Gasteiger charge is 2.42. The summed E-state index contributed by atoms with van der Waals surface area (Å²) in [5, 5.41) is 8.79. The van der Waals surface area contributed by atoms with Gasteiger partial charge in [0.2, 0.25) is 0 Å². The van der Waals surface area contributed by atoms with E-state index in [1.807, 2.05) is 0 Å². The van der Waals surface area contributed by atoms with Gasteiger partial charge in [-0.2, -0.15) is 5.26 Å². The fourth-order valence-electron chi connectivity index (χ4n) is 2.72. The molecule has 88 valence electrons. The molecule has 0 spiro atoms. The molecule has 3 rings (SSSR count). The van der Waals surface area contributed by atoms with Crippen LogP contribution in [0.5, 0.6) is 0 Å². The molecule has 2 saturated heterocycles. The van der Waals surface area contributed by atoms with Crippen molar-refractivity contribution in [3.8, 4) is 6.07 Å². The fourth-order valence-corrected chi connectivity index (χ4v) is 2.72. The molecule has 3 atom stereocenters. The van der Waals surface area contributed by atoms with E-state index in [1.54, 1.807) is 6.07 Å². The molecule has 1 aromatic heterocycles. The molecule has 0 saturated carbocycles. The summed E-state index contributed by atoms with van der Waals surface area (Å²) >= 11 is 0. The van der Waals surface area contributed by atoms with Crippen LogP contribution in [0.4, 0.5) is 0 Å². The molecule has 2 fully saturated rings. The smallest absolute Gasteiger partial charge is 0.328 e. The quantitative estimate of drug-likeness (QED) is 0.733. The molecule has 17 heavy (non-hydrogen) atoms. The Kier molecular flexibility index (Phi) is 2.16. The van der Waals surface area contributed by atoms with Gasteiger partial charge in [-0.1, -0.05) is 0 Å². The number of aromatic nitrogens is 2. The van der Waals surface area contributed by atoms with Crippen LogP contribution >= 0.6 is 0 Å². The van der Waals surface area contributed by atoms with Gasteiger partial charge in [0.05, 0.1) is 18.2 Å². The number of H-pyrrole nitrogens is 1. The molecule has 2 aliphatic rings. The molecule has 0 aliphatic carbocycles. The van der Waals surface area contributed by atoms with Crippen molar-refractivity contribution in [3.63, 3.8) is 0 Å². The average Bonchev–Trinajstić information content (AvgIpc) is 2.91. The summed E-state index contributed by atoms with van der Waals surface area (Å²) < 4.78 is 7.10. The van der Waals surface area contributed by atoms with Gasteiger partial charge in [0.25, 0.3) is 5.56 Å². The van der Waals surface area contributed by atoms with Crippen molar-refractivity contribution >= 4 is 0 Å². The molecule has 3 unspecified atom stereocenters. The molecule has 3 heterocycles. The molecule has 2 aliphatic heterocycles. The van der Waals surface area contributed by atoms with Gasteiger partial charge in [-0.25, -0.2) is 4.79 Å². The summed E-state index contributed by atoms with van der Waals surface area (Å²) in [4.78, 5) is 25.2.